The second-order valence-corrected chi connectivity index (χ2v) is 32.8. The molecule has 17 nitrogen and oxygen atoms in total. The van der Waals surface area contributed by atoms with Gasteiger partial charge in [-0.15, -0.1) is 0 Å². The molecule has 3 unspecified atom stereocenters. The minimum Gasteiger partial charge on any atom is -0.462 e. The van der Waals surface area contributed by atoms with Gasteiger partial charge >= 0.3 is 39.5 Å². The number of phosphoric acid groups is 2. The fourth-order valence-electron chi connectivity index (χ4n) is 12.5. The highest BCUT2D eigenvalue weighted by Crippen LogP contribution is 2.45. The molecule has 0 aromatic rings. The minimum absolute atomic E-state index is 0.106. The van der Waals surface area contributed by atoms with E-state index in [9.17, 15) is 43.2 Å². The average Bonchev–Trinajstić information content (AvgIpc) is 1.12. The third-order valence-corrected chi connectivity index (χ3v) is 21.2. The second-order valence-electron chi connectivity index (χ2n) is 29.9. The molecule has 0 fully saturated rings. The molecule has 0 rings (SSSR count). The normalized spacial score (nSPS) is 14.2. The number of carbonyl (C=O) groups excluding carboxylic acids is 4. The smallest absolute Gasteiger partial charge is 0.462 e. The number of rotatable bonds is 80. The Hall–Kier alpha value is -1.94. The number of hydrogen-bond donors (Lipinski definition) is 3. The Balaban J connectivity index is 5.21. The van der Waals surface area contributed by atoms with Crippen LogP contribution in [0.25, 0.3) is 0 Å². The molecular formula is C81H158O17P2. The molecule has 0 amide bonds. The van der Waals surface area contributed by atoms with Gasteiger partial charge in [-0.3, -0.25) is 37.3 Å². The lowest BCUT2D eigenvalue weighted by molar-refractivity contribution is -0.161. The van der Waals surface area contributed by atoms with Crippen LogP contribution in [0, 0.1) is 11.8 Å². The van der Waals surface area contributed by atoms with Gasteiger partial charge in [0.2, 0.25) is 0 Å². The first-order chi connectivity index (χ1) is 48.4. The summed E-state index contributed by atoms with van der Waals surface area (Å²) in [6, 6.07) is 0. The molecule has 0 bridgehead atoms. The molecule has 0 aliphatic carbocycles. The predicted octanol–water partition coefficient (Wildman–Crippen LogP) is 24.3. The first-order valence-electron chi connectivity index (χ1n) is 42.0. The number of aliphatic hydroxyl groups excluding tert-OH is 1. The SMILES string of the molecule is CCCCCCCCCCCCCCCCCCCCCCCC(=O)O[C@H](COC(=O)CCCCCCCCCCCCCCCC(C)C)COP(=O)(O)OC[C@@H](O)COP(=O)(O)OC[C@@H](COC(=O)CCCCCCCCCCC)OC(=O)CCCCCCCCCCCCC(C)CC. The second kappa shape index (κ2) is 72.6. The minimum atomic E-state index is -4.96. The molecule has 19 heteroatoms. The van der Waals surface area contributed by atoms with Crippen molar-refractivity contribution in [1.82, 2.24) is 0 Å². The third-order valence-electron chi connectivity index (χ3n) is 19.3. The van der Waals surface area contributed by atoms with Crippen LogP contribution < -0.4 is 0 Å². The maximum atomic E-state index is 13.1. The molecule has 0 aromatic heterocycles. The molecule has 0 spiro atoms. The van der Waals surface area contributed by atoms with Crippen molar-refractivity contribution in [3.63, 3.8) is 0 Å². The molecule has 0 aromatic carbocycles. The van der Waals surface area contributed by atoms with Crippen molar-refractivity contribution in [3.05, 3.63) is 0 Å². The zero-order chi connectivity index (χ0) is 73.5. The fraction of sp³-hybridized carbons (Fsp3) is 0.951. The van der Waals surface area contributed by atoms with Crippen LogP contribution >= 0.6 is 15.6 Å². The molecule has 0 aliphatic rings. The number of aliphatic hydroxyl groups is 1. The number of phosphoric ester groups is 2. The Bertz CT molecular complexity index is 1930. The molecular weight excluding hydrogens is 1310 g/mol. The maximum absolute atomic E-state index is 13.1. The van der Waals surface area contributed by atoms with Gasteiger partial charge in [-0.2, -0.15) is 0 Å². The highest BCUT2D eigenvalue weighted by molar-refractivity contribution is 7.47. The van der Waals surface area contributed by atoms with Crippen LogP contribution in [0.1, 0.15) is 427 Å². The summed E-state index contributed by atoms with van der Waals surface area (Å²) in [4.78, 5) is 73.0. The summed E-state index contributed by atoms with van der Waals surface area (Å²) in [5, 5.41) is 10.6. The summed E-state index contributed by atoms with van der Waals surface area (Å²) in [5.74, 6) is -0.516. The van der Waals surface area contributed by atoms with Crippen molar-refractivity contribution in [3.8, 4) is 0 Å². The summed E-state index contributed by atoms with van der Waals surface area (Å²) in [6.07, 6.45) is 62.4. The van der Waals surface area contributed by atoms with E-state index >= 15 is 0 Å². The summed E-state index contributed by atoms with van der Waals surface area (Å²) in [7, 11) is -9.92. The molecule has 0 saturated heterocycles. The fourth-order valence-corrected chi connectivity index (χ4v) is 14.1. The van der Waals surface area contributed by atoms with Gasteiger partial charge in [0.05, 0.1) is 26.4 Å². The van der Waals surface area contributed by atoms with Gasteiger partial charge in [0, 0.05) is 25.7 Å². The van der Waals surface area contributed by atoms with Crippen molar-refractivity contribution in [2.24, 2.45) is 11.8 Å². The van der Waals surface area contributed by atoms with E-state index in [1.807, 2.05) is 0 Å². The summed E-state index contributed by atoms with van der Waals surface area (Å²) >= 11 is 0. The van der Waals surface area contributed by atoms with Gasteiger partial charge in [0.1, 0.15) is 19.3 Å². The Morgan fingerprint density at radius 1 is 0.290 bits per heavy atom. The number of ether oxygens (including phenoxy) is 4. The molecule has 3 N–H and O–H groups in total. The van der Waals surface area contributed by atoms with Crippen LogP contribution in [0.2, 0.25) is 0 Å². The van der Waals surface area contributed by atoms with Gasteiger partial charge in [-0.25, -0.2) is 9.13 Å². The Morgan fingerprint density at radius 2 is 0.510 bits per heavy atom. The molecule has 6 atom stereocenters. The molecule has 594 valence electrons. The Morgan fingerprint density at radius 3 is 0.760 bits per heavy atom. The van der Waals surface area contributed by atoms with Crippen LogP contribution in [-0.2, 0) is 65.4 Å². The van der Waals surface area contributed by atoms with Crippen molar-refractivity contribution in [2.45, 2.75) is 445 Å². The van der Waals surface area contributed by atoms with Crippen LogP contribution in [-0.4, -0.2) is 96.7 Å². The number of unbranched alkanes of at least 4 members (excludes halogenated alkanes) is 49. The monoisotopic (exact) mass is 1470 g/mol. The quantitative estimate of drug-likeness (QED) is 0.0222. The first-order valence-corrected chi connectivity index (χ1v) is 45.0. The van der Waals surface area contributed by atoms with Gasteiger partial charge in [-0.1, -0.05) is 375 Å². The van der Waals surface area contributed by atoms with E-state index in [2.05, 4.69) is 41.5 Å². The van der Waals surface area contributed by atoms with E-state index in [0.29, 0.717) is 25.7 Å². The zero-order valence-electron chi connectivity index (χ0n) is 65.5. The van der Waals surface area contributed by atoms with Crippen molar-refractivity contribution < 1.29 is 80.2 Å². The molecule has 0 saturated carbocycles. The highest BCUT2D eigenvalue weighted by Gasteiger charge is 2.30. The molecule has 0 heterocycles. The van der Waals surface area contributed by atoms with Crippen LogP contribution in [0.5, 0.6) is 0 Å². The molecule has 100 heavy (non-hydrogen) atoms. The van der Waals surface area contributed by atoms with E-state index < -0.39 is 97.5 Å². The first kappa shape index (κ1) is 98.1. The van der Waals surface area contributed by atoms with Crippen molar-refractivity contribution >= 4 is 39.5 Å². The lowest BCUT2D eigenvalue weighted by Gasteiger charge is -2.21. The maximum Gasteiger partial charge on any atom is 0.472 e. The molecule has 0 radical (unpaired) electrons. The van der Waals surface area contributed by atoms with Crippen LogP contribution in [0.4, 0.5) is 0 Å². The standard InChI is InChI=1S/C81H158O17P2/c1-7-10-12-14-16-18-19-20-21-22-23-24-25-26-27-30-34-41-47-53-59-65-80(85)97-77(70-92-79(84)64-58-52-46-40-33-31-28-29-32-38-43-49-55-61-73(4)5)72-96-100(89,90)94-68-75(82)67-93-99(87,88)95-71-76(69-91-78(83)63-57-51-45-37-17-15-13-11-8-2)98-81(86)66-60-54-48-42-36-35-39-44-50-56-62-74(6)9-3/h73-77,82H,7-72H2,1-6H3,(H,87,88)(H,89,90)/t74?,75-,76+,77+/m0/s1. The van der Waals surface area contributed by atoms with Crippen molar-refractivity contribution in [2.75, 3.05) is 39.6 Å². The third kappa shape index (κ3) is 73.0. The van der Waals surface area contributed by atoms with Crippen LogP contribution in [0.15, 0.2) is 0 Å². The predicted molar refractivity (Wildman–Crippen MR) is 409 cm³/mol. The van der Waals surface area contributed by atoms with E-state index in [0.717, 1.165) is 102 Å². The van der Waals surface area contributed by atoms with Crippen molar-refractivity contribution in [1.29, 1.82) is 0 Å². The Labute approximate surface area is 613 Å². The van der Waals surface area contributed by atoms with Gasteiger partial charge in [-0.05, 0) is 37.5 Å². The summed E-state index contributed by atoms with van der Waals surface area (Å²) < 4.78 is 68.7. The van der Waals surface area contributed by atoms with E-state index in [4.69, 9.17) is 37.0 Å². The Kier molecular flexibility index (Phi) is 71.2. The highest BCUT2D eigenvalue weighted by atomic mass is 31.2. The lowest BCUT2D eigenvalue weighted by Crippen LogP contribution is -2.30. The number of hydrogen-bond acceptors (Lipinski definition) is 15. The van der Waals surface area contributed by atoms with E-state index in [-0.39, 0.29) is 25.7 Å². The van der Waals surface area contributed by atoms with Gasteiger partial charge in [0.15, 0.2) is 12.2 Å². The topological polar surface area (TPSA) is 237 Å². The summed E-state index contributed by atoms with van der Waals surface area (Å²) in [6.45, 7) is 9.66. The number of esters is 4. The van der Waals surface area contributed by atoms with Gasteiger partial charge < -0.3 is 33.8 Å². The van der Waals surface area contributed by atoms with E-state index in [1.54, 1.807) is 0 Å². The lowest BCUT2D eigenvalue weighted by atomic mass is 9.99. The molecule has 0 aliphatic heterocycles. The van der Waals surface area contributed by atoms with Crippen LogP contribution in [0.3, 0.4) is 0 Å². The van der Waals surface area contributed by atoms with Gasteiger partial charge in [0.25, 0.3) is 0 Å². The zero-order valence-corrected chi connectivity index (χ0v) is 67.3. The largest absolute Gasteiger partial charge is 0.472 e. The summed E-state index contributed by atoms with van der Waals surface area (Å²) in [5.41, 5.74) is 0. The average molecular weight is 1470 g/mol. The number of carbonyl (C=O) groups is 4. The van der Waals surface area contributed by atoms with E-state index in [1.165, 1.54) is 244 Å².